The van der Waals surface area contributed by atoms with Crippen molar-refractivity contribution in [1.29, 1.82) is 0 Å². The number of carbonyl (C=O) groups excluding carboxylic acids is 1. The van der Waals surface area contributed by atoms with E-state index >= 15 is 0 Å². The van der Waals surface area contributed by atoms with E-state index < -0.39 is 0 Å². The first-order chi connectivity index (χ1) is 7.89. The van der Waals surface area contributed by atoms with Crippen LogP contribution in [0.5, 0.6) is 0 Å². The summed E-state index contributed by atoms with van der Waals surface area (Å²) < 4.78 is 0. The van der Waals surface area contributed by atoms with Crippen molar-refractivity contribution in [3.05, 3.63) is 0 Å². The van der Waals surface area contributed by atoms with E-state index in [1.807, 2.05) is 44.7 Å². The summed E-state index contributed by atoms with van der Waals surface area (Å²) in [5, 5.41) is 0. The van der Waals surface area contributed by atoms with Gasteiger partial charge in [-0.15, -0.1) is 0 Å². The van der Waals surface area contributed by atoms with Crippen molar-refractivity contribution in [2.24, 2.45) is 5.41 Å². The topological polar surface area (TPSA) is 23.6 Å². The van der Waals surface area contributed by atoms with Crippen LogP contribution in [0.15, 0.2) is 0 Å². The molecule has 0 aliphatic carbocycles. The minimum absolute atomic E-state index is 0.00389. The van der Waals surface area contributed by atoms with Crippen LogP contribution < -0.4 is 0 Å². The molecule has 1 aliphatic heterocycles. The maximum absolute atomic E-state index is 12.1. The van der Waals surface area contributed by atoms with Gasteiger partial charge in [0.25, 0.3) is 0 Å². The largest absolute Gasteiger partial charge is 0.341 e. The predicted molar refractivity (Wildman–Crippen MR) is 74.1 cm³/mol. The predicted octanol–water partition coefficient (Wildman–Crippen LogP) is 2.61. The average molecular weight is 242 g/mol. The highest BCUT2D eigenvalue weighted by atomic mass is 16.2. The minimum atomic E-state index is 0.00389. The monoisotopic (exact) mass is 242 g/mol. The van der Waals surface area contributed by atoms with Crippen LogP contribution in [-0.2, 0) is 4.79 Å². The molecule has 3 heteroatoms. The summed E-state index contributed by atoms with van der Waals surface area (Å²) >= 11 is 0. The number of likely N-dealkylation sites (N-methyl/N-ethyl adjacent to an activating group) is 1. The van der Waals surface area contributed by atoms with Crippen molar-refractivity contribution in [3.8, 4) is 0 Å². The molecule has 0 aromatic rings. The first kappa shape index (κ1) is 16.4. The second kappa shape index (κ2) is 7.00. The van der Waals surface area contributed by atoms with Gasteiger partial charge >= 0.3 is 0 Å². The first-order valence-corrected chi connectivity index (χ1v) is 6.85. The molecule has 1 unspecified atom stereocenters. The van der Waals surface area contributed by atoms with E-state index in [0.717, 1.165) is 25.9 Å². The van der Waals surface area contributed by atoms with Gasteiger partial charge in [-0.2, -0.15) is 0 Å². The zero-order chi connectivity index (χ0) is 13.6. The molecule has 1 fully saturated rings. The Morgan fingerprint density at radius 2 is 1.94 bits per heavy atom. The lowest BCUT2D eigenvalue weighted by Crippen LogP contribution is -2.43. The fourth-order valence-electron chi connectivity index (χ4n) is 1.99. The van der Waals surface area contributed by atoms with Gasteiger partial charge < -0.3 is 4.90 Å². The molecular weight excluding hydrogens is 212 g/mol. The summed E-state index contributed by atoms with van der Waals surface area (Å²) in [5.41, 5.74) is 0.349. The Labute approximate surface area is 107 Å². The van der Waals surface area contributed by atoms with E-state index in [4.69, 9.17) is 0 Å². The third-order valence-corrected chi connectivity index (χ3v) is 3.86. The molecule has 0 aromatic carbocycles. The molecule has 0 radical (unpaired) electrons. The molecule has 0 spiro atoms. The summed E-state index contributed by atoms with van der Waals surface area (Å²) in [6.45, 7) is 12.3. The second-order valence-corrected chi connectivity index (χ2v) is 5.31. The summed E-state index contributed by atoms with van der Waals surface area (Å²) in [4.78, 5) is 16.1. The van der Waals surface area contributed by atoms with E-state index in [1.165, 1.54) is 0 Å². The summed E-state index contributed by atoms with van der Waals surface area (Å²) in [6, 6.07) is 0.00389. The van der Waals surface area contributed by atoms with Crippen molar-refractivity contribution in [2.45, 2.75) is 53.5 Å². The van der Waals surface area contributed by atoms with Gasteiger partial charge in [-0.3, -0.25) is 9.69 Å². The van der Waals surface area contributed by atoms with E-state index in [1.54, 1.807) is 0 Å². The quantitative estimate of drug-likeness (QED) is 0.759. The van der Waals surface area contributed by atoms with Gasteiger partial charge in [0.15, 0.2) is 0 Å². The van der Waals surface area contributed by atoms with E-state index in [-0.39, 0.29) is 11.9 Å². The van der Waals surface area contributed by atoms with E-state index in [2.05, 4.69) is 13.8 Å². The molecule has 0 aromatic heterocycles. The molecule has 1 rings (SSSR count). The second-order valence-electron chi connectivity index (χ2n) is 5.31. The molecule has 1 heterocycles. The highest BCUT2D eigenvalue weighted by Crippen LogP contribution is 2.33. The molecule has 2 atom stereocenters. The minimum Gasteiger partial charge on any atom is -0.341 e. The number of nitrogens with zero attached hydrogens (tertiary/aromatic N) is 2. The third-order valence-electron chi connectivity index (χ3n) is 3.86. The Hall–Kier alpha value is -0.570. The molecule has 0 N–H and O–H groups in total. The molecule has 17 heavy (non-hydrogen) atoms. The fourth-order valence-corrected chi connectivity index (χ4v) is 1.99. The van der Waals surface area contributed by atoms with Gasteiger partial charge in [0.2, 0.25) is 5.91 Å². The van der Waals surface area contributed by atoms with Crippen molar-refractivity contribution < 1.29 is 4.79 Å². The van der Waals surface area contributed by atoms with Gasteiger partial charge in [-0.25, -0.2) is 0 Å². The fraction of sp³-hybridized carbons (Fsp3) is 0.929. The number of amides is 1. The lowest BCUT2D eigenvalue weighted by molar-refractivity contribution is -0.134. The normalized spacial score (nSPS) is 25.5. The van der Waals surface area contributed by atoms with Crippen molar-refractivity contribution in [1.82, 2.24) is 9.80 Å². The van der Waals surface area contributed by atoms with Crippen molar-refractivity contribution >= 4 is 5.91 Å². The Balaban J connectivity index is 0.00000121. The Morgan fingerprint density at radius 3 is 2.29 bits per heavy atom. The molecule has 102 valence electrons. The first-order valence-electron chi connectivity index (χ1n) is 6.85. The Kier molecular flexibility index (Phi) is 6.76. The lowest BCUT2D eigenvalue weighted by Gasteiger charge is -2.27. The van der Waals surface area contributed by atoms with Crippen molar-refractivity contribution in [3.63, 3.8) is 0 Å². The molecule has 1 aliphatic rings. The molecule has 1 amide bonds. The standard InChI is InChI=1S/C12H24N2O.C2H6/c1-6-12(3)7-8-14(9-12)11(15)10(2)13(4)5;1-2/h10H,6-9H2,1-5H3;1-2H3/t10?,12-;/m0./s1. The van der Waals surface area contributed by atoms with Crippen LogP contribution in [0.2, 0.25) is 0 Å². The highest BCUT2D eigenvalue weighted by molar-refractivity contribution is 5.81. The van der Waals surface area contributed by atoms with Crippen LogP contribution in [0.3, 0.4) is 0 Å². The van der Waals surface area contributed by atoms with Crippen molar-refractivity contribution in [2.75, 3.05) is 27.2 Å². The Bertz CT molecular complexity index is 240. The molecule has 0 saturated carbocycles. The van der Waals surface area contributed by atoms with Crippen LogP contribution in [0.25, 0.3) is 0 Å². The smallest absolute Gasteiger partial charge is 0.239 e. The van der Waals surface area contributed by atoms with E-state index in [9.17, 15) is 4.79 Å². The van der Waals surface area contributed by atoms with Gasteiger partial charge in [-0.05, 0) is 39.3 Å². The SMILES string of the molecule is CC.CC[C@@]1(C)CCN(C(=O)C(C)N(C)C)C1. The van der Waals surface area contributed by atoms with Gasteiger partial charge in [-0.1, -0.05) is 27.7 Å². The summed E-state index contributed by atoms with van der Waals surface area (Å²) in [7, 11) is 3.91. The Morgan fingerprint density at radius 1 is 1.41 bits per heavy atom. The maximum Gasteiger partial charge on any atom is 0.239 e. The number of carbonyl (C=O) groups is 1. The number of hydrogen-bond donors (Lipinski definition) is 0. The zero-order valence-corrected chi connectivity index (χ0v) is 12.7. The van der Waals surface area contributed by atoms with Crippen LogP contribution in [0, 0.1) is 5.41 Å². The maximum atomic E-state index is 12.1. The number of hydrogen-bond acceptors (Lipinski definition) is 2. The number of rotatable bonds is 3. The van der Waals surface area contributed by atoms with Crippen LogP contribution in [0.1, 0.15) is 47.5 Å². The van der Waals surface area contributed by atoms with Crippen LogP contribution in [-0.4, -0.2) is 48.9 Å². The molecule has 1 saturated heterocycles. The highest BCUT2D eigenvalue weighted by Gasteiger charge is 2.36. The lowest BCUT2D eigenvalue weighted by atomic mass is 9.87. The van der Waals surface area contributed by atoms with Crippen LogP contribution in [0.4, 0.5) is 0 Å². The van der Waals surface area contributed by atoms with Gasteiger partial charge in [0.05, 0.1) is 6.04 Å². The van der Waals surface area contributed by atoms with Gasteiger partial charge in [0, 0.05) is 13.1 Å². The average Bonchev–Trinajstić information content (AvgIpc) is 2.73. The van der Waals surface area contributed by atoms with Crippen LogP contribution >= 0.6 is 0 Å². The summed E-state index contributed by atoms with van der Waals surface area (Å²) in [5.74, 6) is 0.275. The van der Waals surface area contributed by atoms with Gasteiger partial charge in [0.1, 0.15) is 0 Å². The molecular formula is C14H30N2O. The molecule has 0 bridgehead atoms. The summed E-state index contributed by atoms with van der Waals surface area (Å²) in [6.07, 6.45) is 2.31. The zero-order valence-electron chi connectivity index (χ0n) is 12.7. The molecule has 3 nitrogen and oxygen atoms in total. The van der Waals surface area contributed by atoms with E-state index in [0.29, 0.717) is 5.41 Å². The third kappa shape index (κ3) is 4.30. The number of likely N-dealkylation sites (tertiary alicyclic amines) is 1.